The number of amides is 3. The lowest BCUT2D eigenvalue weighted by molar-refractivity contribution is -0.123. The summed E-state index contributed by atoms with van der Waals surface area (Å²) in [6.07, 6.45) is 0.0824. The summed E-state index contributed by atoms with van der Waals surface area (Å²) in [5, 5.41) is 2.83. The second-order valence-corrected chi connectivity index (χ2v) is 7.71. The molecule has 0 saturated heterocycles. The minimum Gasteiger partial charge on any atom is -0.370 e. The average molecular weight is 381 g/mol. The molecule has 2 aromatic carbocycles. The second kappa shape index (κ2) is 9.17. The van der Waals surface area contributed by atoms with Crippen molar-refractivity contribution in [1.29, 1.82) is 0 Å². The Morgan fingerprint density at radius 2 is 1.68 bits per heavy atom. The first-order valence-corrected chi connectivity index (χ1v) is 9.20. The molecule has 0 aliphatic carbocycles. The fraction of sp³-hybridized carbons (Fsp3) is 0.318. The standard InChI is InChI=1S/C22H27N3O3/c1-22(2,3)21(28)24-18-11-7-10-17(14-18)20(27)25(13-12-19(23)26)15-16-8-5-4-6-9-16/h4-11,14H,12-13,15H2,1-3H3,(H2,23,26)(H,24,28). The molecular weight excluding hydrogens is 354 g/mol. The molecule has 148 valence electrons. The first-order chi connectivity index (χ1) is 13.2. The van der Waals surface area contributed by atoms with Crippen LogP contribution in [0.25, 0.3) is 0 Å². The predicted octanol–water partition coefficient (Wildman–Crippen LogP) is 3.19. The zero-order valence-electron chi connectivity index (χ0n) is 16.6. The number of hydrogen-bond acceptors (Lipinski definition) is 3. The van der Waals surface area contributed by atoms with Gasteiger partial charge < -0.3 is 16.0 Å². The quantitative estimate of drug-likeness (QED) is 0.771. The molecule has 0 fully saturated rings. The molecule has 3 amide bonds. The number of nitrogens with one attached hydrogen (secondary N) is 1. The molecule has 0 spiro atoms. The van der Waals surface area contributed by atoms with E-state index < -0.39 is 11.3 Å². The lowest BCUT2D eigenvalue weighted by Crippen LogP contribution is -2.33. The number of rotatable bonds is 7. The number of nitrogens with two attached hydrogens (primary N) is 1. The van der Waals surface area contributed by atoms with Crippen molar-refractivity contribution in [2.24, 2.45) is 11.1 Å². The Hall–Kier alpha value is -3.15. The molecule has 0 unspecified atom stereocenters. The molecule has 0 bridgehead atoms. The predicted molar refractivity (Wildman–Crippen MR) is 110 cm³/mol. The molecule has 6 heteroatoms. The number of benzene rings is 2. The van der Waals surface area contributed by atoms with Gasteiger partial charge in [0.2, 0.25) is 11.8 Å². The average Bonchev–Trinajstić information content (AvgIpc) is 2.64. The van der Waals surface area contributed by atoms with Crippen LogP contribution in [-0.2, 0) is 16.1 Å². The van der Waals surface area contributed by atoms with Crippen molar-refractivity contribution in [3.8, 4) is 0 Å². The Balaban J connectivity index is 2.21. The monoisotopic (exact) mass is 381 g/mol. The zero-order chi connectivity index (χ0) is 20.7. The normalized spacial score (nSPS) is 11.0. The number of hydrogen-bond donors (Lipinski definition) is 2. The first-order valence-electron chi connectivity index (χ1n) is 9.20. The fourth-order valence-electron chi connectivity index (χ4n) is 2.53. The Morgan fingerprint density at radius 3 is 2.29 bits per heavy atom. The van der Waals surface area contributed by atoms with Gasteiger partial charge in [-0.2, -0.15) is 0 Å². The van der Waals surface area contributed by atoms with Gasteiger partial charge in [-0.15, -0.1) is 0 Å². The van der Waals surface area contributed by atoms with Crippen molar-refractivity contribution in [2.45, 2.75) is 33.7 Å². The van der Waals surface area contributed by atoms with Crippen LogP contribution in [0.2, 0.25) is 0 Å². The van der Waals surface area contributed by atoms with E-state index in [0.717, 1.165) is 5.56 Å². The van der Waals surface area contributed by atoms with Crippen LogP contribution < -0.4 is 11.1 Å². The molecular formula is C22H27N3O3. The summed E-state index contributed by atoms with van der Waals surface area (Å²) in [7, 11) is 0. The van der Waals surface area contributed by atoms with Crippen LogP contribution in [0.3, 0.4) is 0 Å². The van der Waals surface area contributed by atoms with Crippen molar-refractivity contribution in [3.63, 3.8) is 0 Å². The molecule has 0 heterocycles. The van der Waals surface area contributed by atoms with E-state index in [4.69, 9.17) is 5.73 Å². The van der Waals surface area contributed by atoms with Crippen LogP contribution in [0, 0.1) is 5.41 Å². The van der Waals surface area contributed by atoms with Crippen molar-refractivity contribution in [2.75, 3.05) is 11.9 Å². The molecule has 6 nitrogen and oxygen atoms in total. The number of anilines is 1. The van der Waals surface area contributed by atoms with E-state index in [1.54, 1.807) is 29.2 Å². The van der Waals surface area contributed by atoms with Gasteiger partial charge in [0.05, 0.1) is 0 Å². The van der Waals surface area contributed by atoms with E-state index >= 15 is 0 Å². The number of primary amides is 1. The lowest BCUT2D eigenvalue weighted by Gasteiger charge is -2.23. The first kappa shape index (κ1) is 21.2. The van der Waals surface area contributed by atoms with Crippen LogP contribution in [0.5, 0.6) is 0 Å². The summed E-state index contributed by atoms with van der Waals surface area (Å²) in [5.41, 5.74) is 6.68. The SMILES string of the molecule is CC(C)(C)C(=O)Nc1cccc(C(=O)N(CCC(N)=O)Cc2ccccc2)c1. The summed E-state index contributed by atoms with van der Waals surface area (Å²) in [4.78, 5) is 38.1. The largest absolute Gasteiger partial charge is 0.370 e. The third kappa shape index (κ3) is 6.23. The Morgan fingerprint density at radius 1 is 1.00 bits per heavy atom. The van der Waals surface area contributed by atoms with E-state index in [0.29, 0.717) is 17.8 Å². The molecule has 0 aromatic heterocycles. The maximum Gasteiger partial charge on any atom is 0.254 e. The fourth-order valence-corrected chi connectivity index (χ4v) is 2.53. The van der Waals surface area contributed by atoms with E-state index in [1.807, 2.05) is 51.1 Å². The minimum absolute atomic E-state index is 0.0824. The van der Waals surface area contributed by atoms with E-state index in [1.165, 1.54) is 0 Å². The summed E-state index contributed by atoms with van der Waals surface area (Å²) >= 11 is 0. The Labute approximate surface area is 165 Å². The highest BCUT2D eigenvalue weighted by molar-refractivity contribution is 5.98. The van der Waals surface area contributed by atoms with Gasteiger partial charge in [-0.05, 0) is 23.8 Å². The van der Waals surface area contributed by atoms with Crippen molar-refractivity contribution >= 4 is 23.4 Å². The van der Waals surface area contributed by atoms with Crippen LogP contribution >= 0.6 is 0 Å². The van der Waals surface area contributed by atoms with Gasteiger partial charge >= 0.3 is 0 Å². The number of carbonyl (C=O) groups is 3. The van der Waals surface area contributed by atoms with Crippen LogP contribution in [0.1, 0.15) is 43.1 Å². The van der Waals surface area contributed by atoms with E-state index in [2.05, 4.69) is 5.32 Å². The van der Waals surface area contributed by atoms with Gasteiger partial charge in [0.15, 0.2) is 0 Å². The van der Waals surface area contributed by atoms with Gasteiger partial charge in [0.25, 0.3) is 5.91 Å². The molecule has 2 rings (SSSR count). The Bertz CT molecular complexity index is 842. The van der Waals surface area contributed by atoms with Crippen molar-refractivity contribution in [1.82, 2.24) is 4.90 Å². The summed E-state index contributed by atoms with van der Waals surface area (Å²) < 4.78 is 0. The topological polar surface area (TPSA) is 92.5 Å². The second-order valence-electron chi connectivity index (χ2n) is 7.71. The zero-order valence-corrected chi connectivity index (χ0v) is 16.6. The highest BCUT2D eigenvalue weighted by atomic mass is 16.2. The Kier molecular flexibility index (Phi) is 6.93. The molecule has 0 saturated carbocycles. The molecule has 2 aromatic rings. The smallest absolute Gasteiger partial charge is 0.254 e. The maximum atomic E-state index is 13.1. The van der Waals surface area contributed by atoms with Crippen LogP contribution in [-0.4, -0.2) is 29.2 Å². The summed E-state index contributed by atoms with van der Waals surface area (Å²) in [6.45, 7) is 6.06. The summed E-state index contributed by atoms with van der Waals surface area (Å²) in [5.74, 6) is -0.819. The minimum atomic E-state index is -0.541. The number of carbonyl (C=O) groups excluding carboxylic acids is 3. The van der Waals surface area contributed by atoms with Gasteiger partial charge in [-0.25, -0.2) is 0 Å². The van der Waals surface area contributed by atoms with Crippen molar-refractivity contribution in [3.05, 3.63) is 65.7 Å². The van der Waals surface area contributed by atoms with E-state index in [9.17, 15) is 14.4 Å². The molecule has 28 heavy (non-hydrogen) atoms. The molecule has 0 atom stereocenters. The number of nitrogens with zero attached hydrogens (tertiary/aromatic N) is 1. The van der Waals surface area contributed by atoms with Crippen LogP contribution in [0.4, 0.5) is 5.69 Å². The van der Waals surface area contributed by atoms with Gasteiger partial charge in [0, 0.05) is 36.2 Å². The van der Waals surface area contributed by atoms with Gasteiger partial charge in [-0.1, -0.05) is 57.2 Å². The lowest BCUT2D eigenvalue weighted by atomic mass is 9.95. The highest BCUT2D eigenvalue weighted by Gasteiger charge is 2.22. The van der Waals surface area contributed by atoms with Gasteiger partial charge in [0.1, 0.15) is 0 Å². The molecule has 3 N–H and O–H groups in total. The maximum absolute atomic E-state index is 13.1. The van der Waals surface area contributed by atoms with E-state index in [-0.39, 0.29) is 24.8 Å². The van der Waals surface area contributed by atoms with Gasteiger partial charge in [-0.3, -0.25) is 14.4 Å². The molecule has 0 aliphatic heterocycles. The molecule has 0 aliphatic rings. The van der Waals surface area contributed by atoms with Crippen molar-refractivity contribution < 1.29 is 14.4 Å². The highest BCUT2D eigenvalue weighted by Crippen LogP contribution is 2.19. The molecule has 0 radical (unpaired) electrons. The van der Waals surface area contributed by atoms with Crippen LogP contribution in [0.15, 0.2) is 54.6 Å². The third-order valence-electron chi connectivity index (χ3n) is 4.18. The third-order valence-corrected chi connectivity index (χ3v) is 4.18. The summed E-state index contributed by atoms with van der Waals surface area (Å²) in [6, 6.07) is 16.3.